The van der Waals surface area contributed by atoms with Crippen molar-refractivity contribution >= 4 is 40.4 Å². The van der Waals surface area contributed by atoms with Crippen LogP contribution in [-0.2, 0) is 20.7 Å². The van der Waals surface area contributed by atoms with Gasteiger partial charge in [-0.15, -0.1) is 0 Å². The molecule has 1 aromatic heterocycles. The topological polar surface area (TPSA) is 143 Å². The monoisotopic (exact) mass is 495 g/mol. The molecular formula is C21H20F3N5O6. The molecule has 2 aromatic rings. The van der Waals surface area contributed by atoms with Crippen LogP contribution in [0, 0.1) is 11.2 Å². The fourth-order valence-corrected chi connectivity index (χ4v) is 5.37. The first kappa shape index (κ1) is 23.1. The Labute approximate surface area is 195 Å². The van der Waals surface area contributed by atoms with Crippen molar-refractivity contribution < 1.29 is 41.6 Å². The van der Waals surface area contributed by atoms with Crippen molar-refractivity contribution in [3.05, 3.63) is 23.1 Å². The zero-order valence-corrected chi connectivity index (χ0v) is 18.5. The maximum Gasteiger partial charge on any atom is 0.328 e. The van der Waals surface area contributed by atoms with Crippen LogP contribution < -0.4 is 20.9 Å². The minimum atomic E-state index is -2.81. The van der Waals surface area contributed by atoms with E-state index in [2.05, 4.69) is 15.8 Å². The Morgan fingerprint density at radius 3 is 2.63 bits per heavy atom. The van der Waals surface area contributed by atoms with Crippen molar-refractivity contribution in [2.24, 2.45) is 5.41 Å². The number of nitrogens with zero attached hydrogens (tertiary/aromatic N) is 2. The second-order valence-corrected chi connectivity index (χ2v) is 8.84. The minimum absolute atomic E-state index is 0.0447. The number of ether oxygens (including phenoxy) is 1. The number of imide groups is 2. The number of halogens is 3. The molecule has 0 aliphatic carbocycles. The second-order valence-electron chi connectivity index (χ2n) is 8.84. The van der Waals surface area contributed by atoms with E-state index in [1.54, 1.807) is 18.7 Å². The molecular weight excluding hydrogens is 475 g/mol. The lowest BCUT2D eigenvalue weighted by Crippen LogP contribution is -2.75. The van der Waals surface area contributed by atoms with Crippen molar-refractivity contribution in [1.82, 2.24) is 21.1 Å². The molecule has 3 aliphatic rings. The van der Waals surface area contributed by atoms with E-state index in [0.717, 1.165) is 0 Å². The lowest BCUT2D eigenvalue weighted by atomic mass is 9.66. The van der Waals surface area contributed by atoms with Gasteiger partial charge in [-0.3, -0.25) is 25.0 Å². The number of fused-ring (bicyclic) bond motifs is 5. The van der Waals surface area contributed by atoms with Crippen LogP contribution in [-0.4, -0.2) is 66.7 Å². The average molecular weight is 495 g/mol. The van der Waals surface area contributed by atoms with Crippen molar-refractivity contribution in [3.63, 3.8) is 0 Å². The Kier molecular flexibility index (Phi) is 5.23. The summed E-state index contributed by atoms with van der Waals surface area (Å²) in [4.78, 5) is 52.0. The molecule has 5 rings (SSSR count). The van der Waals surface area contributed by atoms with Gasteiger partial charge >= 0.3 is 6.03 Å². The first-order valence-corrected chi connectivity index (χ1v) is 10.8. The zero-order chi connectivity index (χ0) is 25.2. The summed E-state index contributed by atoms with van der Waals surface area (Å²) >= 11 is 0. The van der Waals surface area contributed by atoms with Crippen LogP contribution >= 0.6 is 0 Å². The number of hydrogen-bond donors (Lipinski definition) is 3. The molecule has 3 atom stereocenters. The Morgan fingerprint density at radius 1 is 1.29 bits per heavy atom. The zero-order valence-electron chi connectivity index (χ0n) is 18.5. The summed E-state index contributed by atoms with van der Waals surface area (Å²) in [5.74, 6) is -3.61. The second kappa shape index (κ2) is 7.93. The summed E-state index contributed by atoms with van der Waals surface area (Å²) in [6.45, 7) is 2.56. The van der Waals surface area contributed by atoms with E-state index in [-0.39, 0.29) is 35.2 Å². The first-order valence-electron chi connectivity index (χ1n) is 10.8. The third-order valence-electron chi connectivity index (χ3n) is 6.60. The number of carbonyl (C=O) groups is 4. The van der Waals surface area contributed by atoms with E-state index < -0.39 is 71.9 Å². The molecule has 11 nitrogen and oxygen atoms in total. The van der Waals surface area contributed by atoms with E-state index in [4.69, 9.17) is 9.26 Å². The van der Waals surface area contributed by atoms with Crippen LogP contribution in [0.25, 0.3) is 11.0 Å². The molecule has 1 aromatic carbocycles. The minimum Gasteiger partial charge on any atom is -0.372 e. The molecule has 3 aliphatic heterocycles. The fourth-order valence-electron chi connectivity index (χ4n) is 5.37. The summed E-state index contributed by atoms with van der Waals surface area (Å²) < 4.78 is 51.9. The summed E-state index contributed by atoms with van der Waals surface area (Å²) in [6.07, 6.45) is -4.25. The Bertz CT molecular complexity index is 1260. The Hall–Kier alpha value is -3.68. The van der Waals surface area contributed by atoms with Gasteiger partial charge in [-0.05, 0) is 25.5 Å². The predicted octanol–water partition coefficient (Wildman–Crippen LogP) is 0.852. The average Bonchev–Trinajstić information content (AvgIpc) is 3.19. The van der Waals surface area contributed by atoms with Gasteiger partial charge in [0.15, 0.2) is 16.9 Å². The number of rotatable bonds is 3. The molecule has 2 fully saturated rings. The van der Waals surface area contributed by atoms with Gasteiger partial charge in [0.05, 0.1) is 35.9 Å². The van der Waals surface area contributed by atoms with Gasteiger partial charge in [-0.1, -0.05) is 5.16 Å². The van der Waals surface area contributed by atoms with Gasteiger partial charge in [0, 0.05) is 13.0 Å². The molecule has 3 N–H and O–H groups in total. The Morgan fingerprint density at radius 2 is 1.97 bits per heavy atom. The third-order valence-corrected chi connectivity index (χ3v) is 6.60. The summed E-state index contributed by atoms with van der Waals surface area (Å²) in [6, 6.07) is -0.594. The summed E-state index contributed by atoms with van der Waals surface area (Å²) in [5, 5.41) is 9.67. The van der Waals surface area contributed by atoms with Gasteiger partial charge in [0.2, 0.25) is 17.4 Å². The summed E-state index contributed by atoms with van der Waals surface area (Å²) in [7, 11) is 0. The smallest absolute Gasteiger partial charge is 0.328 e. The van der Waals surface area contributed by atoms with Gasteiger partial charge in [-0.2, -0.15) is 0 Å². The SMILES string of the molecule is C[C@H]1CN2c3c(cc4c(C(=O)NCC(F)F)noc4c3F)CC3(C(=O)NC(=O)NC3=O)[C@@H]2[C@@H](C)O1. The quantitative estimate of drug-likeness (QED) is 0.532. The van der Waals surface area contributed by atoms with E-state index in [0.29, 0.717) is 0 Å². The molecule has 0 radical (unpaired) electrons. The maximum absolute atomic E-state index is 15.9. The molecule has 5 amide bonds. The highest BCUT2D eigenvalue weighted by Crippen LogP contribution is 2.49. The van der Waals surface area contributed by atoms with E-state index in [1.165, 1.54) is 6.07 Å². The standard InChI is InChI=1S/C21H20F3N5O6/c1-7-6-29-14-9(3-10-13(17(30)25-5-11(22)23)28-35-15(10)12(14)24)4-21(16(29)8(2)34-7)18(31)26-20(33)27-19(21)32/h3,7-8,11,16H,4-6H2,1-2H3,(H,25,30)(H2,26,27,31,32,33)/t7-,8+,16-/m0/s1. The lowest BCUT2D eigenvalue weighted by Gasteiger charge is -2.55. The van der Waals surface area contributed by atoms with Crippen LogP contribution in [0.2, 0.25) is 0 Å². The van der Waals surface area contributed by atoms with E-state index in [9.17, 15) is 28.0 Å². The molecule has 0 unspecified atom stereocenters. The number of nitrogens with one attached hydrogen (secondary N) is 3. The third kappa shape index (κ3) is 3.34. The van der Waals surface area contributed by atoms with Crippen molar-refractivity contribution in [1.29, 1.82) is 0 Å². The molecule has 2 saturated heterocycles. The molecule has 35 heavy (non-hydrogen) atoms. The number of barbiturate groups is 1. The first-order chi connectivity index (χ1) is 16.5. The van der Waals surface area contributed by atoms with Gasteiger partial charge in [0.25, 0.3) is 12.3 Å². The molecule has 4 heterocycles. The highest BCUT2D eigenvalue weighted by atomic mass is 19.3. The number of anilines is 1. The number of carbonyl (C=O) groups excluding carboxylic acids is 4. The number of hydrogen-bond acceptors (Lipinski definition) is 8. The van der Waals surface area contributed by atoms with Crippen LogP contribution in [0.4, 0.5) is 23.7 Å². The molecule has 14 heteroatoms. The van der Waals surface area contributed by atoms with Crippen molar-refractivity contribution in [2.75, 3.05) is 18.0 Å². The number of alkyl halides is 2. The van der Waals surface area contributed by atoms with Crippen LogP contribution in [0.3, 0.4) is 0 Å². The highest BCUT2D eigenvalue weighted by molar-refractivity contribution is 6.20. The number of aromatic nitrogens is 1. The normalized spacial score (nSPS) is 25.4. The van der Waals surface area contributed by atoms with Crippen LogP contribution in [0.15, 0.2) is 10.6 Å². The van der Waals surface area contributed by atoms with Crippen LogP contribution in [0.1, 0.15) is 29.9 Å². The number of amides is 5. The van der Waals surface area contributed by atoms with E-state index >= 15 is 4.39 Å². The number of benzene rings is 1. The van der Waals surface area contributed by atoms with Crippen molar-refractivity contribution in [2.45, 2.75) is 44.9 Å². The predicted molar refractivity (Wildman–Crippen MR) is 111 cm³/mol. The molecule has 1 spiro atoms. The molecule has 186 valence electrons. The van der Waals surface area contributed by atoms with Crippen LogP contribution in [0.5, 0.6) is 0 Å². The number of urea groups is 1. The van der Waals surface area contributed by atoms with E-state index in [1.807, 2.05) is 5.32 Å². The fraction of sp³-hybridized carbons (Fsp3) is 0.476. The molecule has 0 bridgehead atoms. The Balaban J connectivity index is 1.69. The number of morpholine rings is 1. The maximum atomic E-state index is 15.9. The lowest BCUT2D eigenvalue weighted by molar-refractivity contribution is -0.153. The molecule has 0 saturated carbocycles. The largest absolute Gasteiger partial charge is 0.372 e. The van der Waals surface area contributed by atoms with Crippen molar-refractivity contribution in [3.8, 4) is 0 Å². The van der Waals surface area contributed by atoms with Gasteiger partial charge in [0.1, 0.15) is 0 Å². The highest BCUT2D eigenvalue weighted by Gasteiger charge is 2.63. The summed E-state index contributed by atoms with van der Waals surface area (Å²) in [5.41, 5.74) is -2.42. The van der Waals surface area contributed by atoms with Gasteiger partial charge < -0.3 is 19.5 Å². The van der Waals surface area contributed by atoms with Gasteiger partial charge in [-0.25, -0.2) is 18.0 Å².